The molecule has 0 saturated heterocycles. The van der Waals surface area contributed by atoms with Crippen molar-refractivity contribution in [2.45, 2.75) is 13.0 Å². The molecule has 0 radical (unpaired) electrons. The number of rotatable bonds is 4. The fourth-order valence-electron chi connectivity index (χ4n) is 2.46. The van der Waals surface area contributed by atoms with Gasteiger partial charge in [0.1, 0.15) is 11.3 Å². The van der Waals surface area contributed by atoms with Crippen LogP contribution in [0.2, 0.25) is 0 Å². The molecule has 1 atom stereocenters. The number of hydrogen-bond donors (Lipinski definition) is 1. The maximum atomic E-state index is 11.8. The van der Waals surface area contributed by atoms with Crippen LogP contribution in [-0.4, -0.2) is 32.7 Å². The number of ether oxygens (including phenoxy) is 1. The standard InChI is InChI=1S/C16H15NO6S/c1-10-6-16(19)23-14-7-12(2-3-13(10)14)22-8-15(18)17-11-4-5-24(20,21)9-11/h2-7,11H,8-9H2,1H3,(H,17,18)/t11-/m0/s1. The first-order valence-corrected chi connectivity index (χ1v) is 8.91. The van der Waals surface area contributed by atoms with Crippen LogP contribution >= 0.6 is 0 Å². The van der Waals surface area contributed by atoms with E-state index < -0.39 is 27.4 Å². The Kier molecular flexibility index (Phi) is 4.15. The summed E-state index contributed by atoms with van der Waals surface area (Å²) in [6, 6.07) is 5.81. The van der Waals surface area contributed by atoms with Crippen molar-refractivity contribution in [3.8, 4) is 5.75 Å². The molecule has 0 unspecified atom stereocenters. The lowest BCUT2D eigenvalue weighted by Crippen LogP contribution is -2.38. The zero-order chi connectivity index (χ0) is 17.3. The number of aryl methyl sites for hydroxylation is 1. The van der Waals surface area contributed by atoms with Crippen molar-refractivity contribution in [1.29, 1.82) is 0 Å². The average Bonchev–Trinajstić information content (AvgIpc) is 2.83. The maximum Gasteiger partial charge on any atom is 0.336 e. The number of carbonyl (C=O) groups is 1. The Morgan fingerprint density at radius 3 is 2.88 bits per heavy atom. The molecule has 1 aliphatic heterocycles. The van der Waals surface area contributed by atoms with Gasteiger partial charge in [0.25, 0.3) is 5.91 Å². The zero-order valence-corrected chi connectivity index (χ0v) is 13.6. The Balaban J connectivity index is 1.64. The minimum Gasteiger partial charge on any atom is -0.484 e. The molecule has 8 heteroatoms. The molecule has 0 aliphatic carbocycles. The SMILES string of the molecule is Cc1cc(=O)oc2cc(OCC(=O)N[C@H]3C=CS(=O)(=O)C3)ccc12. The van der Waals surface area contributed by atoms with Crippen molar-refractivity contribution in [1.82, 2.24) is 5.32 Å². The van der Waals surface area contributed by atoms with Gasteiger partial charge < -0.3 is 14.5 Å². The summed E-state index contributed by atoms with van der Waals surface area (Å²) in [6.45, 7) is 1.53. The third-order valence-corrected chi connectivity index (χ3v) is 4.96. The molecule has 1 aromatic heterocycles. The topological polar surface area (TPSA) is 103 Å². The van der Waals surface area contributed by atoms with Crippen LogP contribution in [0.15, 0.2) is 45.0 Å². The molecule has 24 heavy (non-hydrogen) atoms. The van der Waals surface area contributed by atoms with Crippen LogP contribution in [-0.2, 0) is 14.6 Å². The smallest absolute Gasteiger partial charge is 0.336 e. The molecule has 1 aliphatic rings. The van der Waals surface area contributed by atoms with E-state index in [4.69, 9.17) is 9.15 Å². The van der Waals surface area contributed by atoms with Gasteiger partial charge >= 0.3 is 5.63 Å². The van der Waals surface area contributed by atoms with Crippen molar-refractivity contribution >= 4 is 26.7 Å². The van der Waals surface area contributed by atoms with Crippen LogP contribution < -0.4 is 15.7 Å². The summed E-state index contributed by atoms with van der Waals surface area (Å²) >= 11 is 0. The summed E-state index contributed by atoms with van der Waals surface area (Å²) in [7, 11) is -3.22. The monoisotopic (exact) mass is 349 g/mol. The first kappa shape index (κ1) is 16.3. The molecule has 7 nitrogen and oxygen atoms in total. The van der Waals surface area contributed by atoms with Gasteiger partial charge in [-0.25, -0.2) is 13.2 Å². The molecule has 0 saturated carbocycles. The van der Waals surface area contributed by atoms with Crippen LogP contribution in [0.4, 0.5) is 0 Å². The second kappa shape index (κ2) is 6.12. The van der Waals surface area contributed by atoms with Crippen LogP contribution in [0.1, 0.15) is 5.56 Å². The first-order chi connectivity index (χ1) is 11.3. The highest BCUT2D eigenvalue weighted by molar-refractivity contribution is 7.94. The van der Waals surface area contributed by atoms with Crippen molar-refractivity contribution < 1.29 is 22.4 Å². The van der Waals surface area contributed by atoms with Crippen LogP contribution in [0.25, 0.3) is 11.0 Å². The second-order valence-corrected chi connectivity index (χ2v) is 7.46. The van der Waals surface area contributed by atoms with E-state index in [0.717, 1.165) is 16.4 Å². The quantitative estimate of drug-likeness (QED) is 0.823. The van der Waals surface area contributed by atoms with E-state index in [-0.39, 0.29) is 12.4 Å². The minimum atomic E-state index is -3.22. The van der Waals surface area contributed by atoms with Crippen LogP contribution in [0.5, 0.6) is 5.75 Å². The Hall–Kier alpha value is -2.61. The first-order valence-electron chi connectivity index (χ1n) is 7.20. The molecule has 1 amide bonds. The molecule has 0 bridgehead atoms. The fraction of sp³-hybridized carbons (Fsp3) is 0.250. The maximum absolute atomic E-state index is 11.8. The Labute approximate surface area is 137 Å². The summed E-state index contributed by atoms with van der Waals surface area (Å²) in [6.07, 6.45) is 1.43. The molecule has 0 fully saturated rings. The Morgan fingerprint density at radius 1 is 1.38 bits per heavy atom. The van der Waals surface area contributed by atoms with Gasteiger partial charge in [0.05, 0.1) is 11.8 Å². The van der Waals surface area contributed by atoms with E-state index in [1.54, 1.807) is 19.1 Å². The number of hydrogen-bond acceptors (Lipinski definition) is 6. The predicted octanol–water partition coefficient (Wildman–Crippen LogP) is 0.907. The molecule has 3 rings (SSSR count). The highest BCUT2D eigenvalue weighted by Gasteiger charge is 2.23. The van der Waals surface area contributed by atoms with E-state index in [9.17, 15) is 18.0 Å². The highest BCUT2D eigenvalue weighted by atomic mass is 32.2. The number of amides is 1. The summed E-state index contributed by atoms with van der Waals surface area (Å²) in [5.41, 5.74) is 0.714. The number of fused-ring (bicyclic) bond motifs is 1. The number of nitrogens with one attached hydrogen (secondary N) is 1. The normalized spacial score (nSPS) is 18.6. The Bertz CT molecular complexity index is 989. The summed E-state index contributed by atoms with van der Waals surface area (Å²) in [5.74, 6) is -0.201. The van der Waals surface area contributed by atoms with E-state index >= 15 is 0 Å². The molecule has 1 N–H and O–H groups in total. The molecule has 2 aromatic rings. The third kappa shape index (κ3) is 3.65. The van der Waals surface area contributed by atoms with Gasteiger partial charge in [-0.3, -0.25) is 4.79 Å². The number of sulfone groups is 1. The lowest BCUT2D eigenvalue weighted by molar-refractivity contribution is -0.123. The lowest BCUT2D eigenvalue weighted by atomic mass is 10.1. The summed E-state index contributed by atoms with van der Waals surface area (Å²) < 4.78 is 33.0. The molecule has 126 valence electrons. The van der Waals surface area contributed by atoms with Gasteiger partial charge in [-0.15, -0.1) is 0 Å². The molecule has 2 heterocycles. The van der Waals surface area contributed by atoms with Crippen molar-refractivity contribution in [2.75, 3.05) is 12.4 Å². The van der Waals surface area contributed by atoms with E-state index in [2.05, 4.69) is 5.32 Å². The minimum absolute atomic E-state index is 0.140. The van der Waals surface area contributed by atoms with Crippen molar-refractivity contribution in [3.05, 3.63) is 51.7 Å². The molecule has 0 spiro atoms. The van der Waals surface area contributed by atoms with Crippen LogP contribution in [0, 0.1) is 6.92 Å². The Morgan fingerprint density at radius 2 is 2.17 bits per heavy atom. The predicted molar refractivity (Wildman–Crippen MR) is 87.6 cm³/mol. The largest absolute Gasteiger partial charge is 0.484 e. The summed E-state index contributed by atoms with van der Waals surface area (Å²) in [5, 5.41) is 4.43. The van der Waals surface area contributed by atoms with Gasteiger partial charge in [0.2, 0.25) is 0 Å². The van der Waals surface area contributed by atoms with E-state index in [1.807, 2.05) is 0 Å². The fourth-order valence-corrected chi connectivity index (χ4v) is 3.69. The third-order valence-electron chi connectivity index (χ3n) is 3.57. The molecule has 1 aromatic carbocycles. The summed E-state index contributed by atoms with van der Waals surface area (Å²) in [4.78, 5) is 23.2. The van der Waals surface area contributed by atoms with E-state index in [1.165, 1.54) is 18.2 Å². The number of carbonyl (C=O) groups excluding carboxylic acids is 1. The van der Waals surface area contributed by atoms with Gasteiger partial charge in [-0.2, -0.15) is 0 Å². The van der Waals surface area contributed by atoms with Crippen molar-refractivity contribution in [2.24, 2.45) is 0 Å². The zero-order valence-electron chi connectivity index (χ0n) is 12.8. The van der Waals surface area contributed by atoms with Gasteiger partial charge in [0, 0.05) is 22.9 Å². The second-order valence-electron chi connectivity index (χ2n) is 5.53. The molecular formula is C16H15NO6S. The van der Waals surface area contributed by atoms with E-state index in [0.29, 0.717) is 11.3 Å². The highest BCUT2D eigenvalue weighted by Crippen LogP contribution is 2.22. The molecular weight excluding hydrogens is 334 g/mol. The van der Waals surface area contributed by atoms with Crippen LogP contribution in [0.3, 0.4) is 0 Å². The van der Waals surface area contributed by atoms with Gasteiger partial charge in [-0.1, -0.05) is 0 Å². The lowest BCUT2D eigenvalue weighted by Gasteiger charge is -2.11. The van der Waals surface area contributed by atoms with Gasteiger partial charge in [-0.05, 0) is 30.7 Å². The van der Waals surface area contributed by atoms with Crippen molar-refractivity contribution in [3.63, 3.8) is 0 Å². The number of benzene rings is 1. The average molecular weight is 349 g/mol. The van der Waals surface area contributed by atoms with Gasteiger partial charge in [0.15, 0.2) is 16.4 Å².